The topological polar surface area (TPSA) is 86.0 Å². The number of carboxylic acid groups (broad SMARTS) is 1. The Morgan fingerprint density at radius 2 is 2.04 bits per heavy atom. The molecule has 1 saturated carbocycles. The largest absolute Gasteiger partial charge is 0.481 e. The molecule has 1 aliphatic heterocycles. The molecule has 6 heteroatoms. The maximum Gasteiger partial charge on any atom is 0.309 e. The highest BCUT2D eigenvalue weighted by atomic mass is 16.7. The molecule has 2 unspecified atom stereocenters. The number of hydrogen-bond donors (Lipinski definition) is 1. The van der Waals surface area contributed by atoms with E-state index in [4.69, 9.17) is 13.9 Å². The van der Waals surface area contributed by atoms with Crippen molar-refractivity contribution in [2.75, 3.05) is 0 Å². The summed E-state index contributed by atoms with van der Waals surface area (Å²) in [6.45, 7) is 9.58. The van der Waals surface area contributed by atoms with E-state index in [0.717, 1.165) is 24.8 Å². The van der Waals surface area contributed by atoms with Crippen molar-refractivity contribution < 1.29 is 28.6 Å². The lowest BCUT2D eigenvalue weighted by molar-refractivity contribution is -0.210. The summed E-state index contributed by atoms with van der Waals surface area (Å²) < 4.78 is 17.3. The van der Waals surface area contributed by atoms with Crippen molar-refractivity contribution in [2.24, 2.45) is 22.7 Å². The van der Waals surface area contributed by atoms with Gasteiger partial charge in [-0.2, -0.15) is 0 Å². The van der Waals surface area contributed by atoms with Crippen LogP contribution < -0.4 is 0 Å². The van der Waals surface area contributed by atoms with Crippen LogP contribution in [-0.2, 0) is 25.5 Å². The number of carbonyl (C=O) groups is 2. The molecule has 2 aliphatic rings. The molecule has 2 heterocycles. The molecule has 0 spiro atoms. The molecular weight excluding hydrogens is 360 g/mol. The summed E-state index contributed by atoms with van der Waals surface area (Å²) in [5, 5.41) is 9.96. The fourth-order valence-electron chi connectivity index (χ4n) is 6.02. The Hall–Kier alpha value is -1.82. The van der Waals surface area contributed by atoms with Crippen LogP contribution in [0.5, 0.6) is 0 Å². The smallest absolute Gasteiger partial charge is 0.309 e. The number of aryl methyl sites for hydroxylation is 1. The number of rotatable bonds is 6. The second-order valence-corrected chi connectivity index (χ2v) is 9.41. The van der Waals surface area contributed by atoms with E-state index in [0.29, 0.717) is 12.8 Å². The summed E-state index contributed by atoms with van der Waals surface area (Å²) in [4.78, 5) is 24.0. The van der Waals surface area contributed by atoms with Crippen LogP contribution in [-0.4, -0.2) is 28.9 Å². The first kappa shape index (κ1) is 20.9. The maximum absolute atomic E-state index is 12.2. The number of ether oxygens (including phenoxy) is 2. The molecule has 2 fully saturated rings. The van der Waals surface area contributed by atoms with Crippen molar-refractivity contribution in [2.45, 2.75) is 78.6 Å². The monoisotopic (exact) mass is 392 g/mol. The predicted molar refractivity (Wildman–Crippen MR) is 102 cm³/mol. The summed E-state index contributed by atoms with van der Waals surface area (Å²) >= 11 is 0. The van der Waals surface area contributed by atoms with E-state index in [1.165, 1.54) is 6.92 Å². The van der Waals surface area contributed by atoms with E-state index in [1.807, 2.05) is 6.07 Å². The Morgan fingerprint density at radius 3 is 2.61 bits per heavy atom. The van der Waals surface area contributed by atoms with Crippen LogP contribution in [0.15, 0.2) is 23.0 Å². The molecule has 3 rings (SSSR count). The van der Waals surface area contributed by atoms with Gasteiger partial charge in [-0.1, -0.05) is 27.2 Å². The molecule has 156 valence electrons. The van der Waals surface area contributed by atoms with Crippen LogP contribution in [0.1, 0.15) is 65.9 Å². The molecule has 0 bridgehead atoms. The molecule has 1 saturated heterocycles. The van der Waals surface area contributed by atoms with Crippen LogP contribution in [0.3, 0.4) is 0 Å². The van der Waals surface area contributed by atoms with E-state index in [1.54, 1.807) is 19.5 Å². The first-order chi connectivity index (χ1) is 13.0. The van der Waals surface area contributed by atoms with Crippen LogP contribution in [0.4, 0.5) is 0 Å². The number of carbonyl (C=O) groups excluding carboxylic acids is 1. The molecule has 0 amide bonds. The fraction of sp³-hybridized carbons (Fsp3) is 0.727. The Labute approximate surface area is 166 Å². The Balaban J connectivity index is 2.07. The minimum Gasteiger partial charge on any atom is -0.481 e. The van der Waals surface area contributed by atoms with Gasteiger partial charge in [-0.25, -0.2) is 0 Å². The van der Waals surface area contributed by atoms with Gasteiger partial charge in [0.1, 0.15) is 0 Å². The van der Waals surface area contributed by atoms with E-state index >= 15 is 0 Å². The third-order valence-electron chi connectivity index (χ3n) is 7.33. The van der Waals surface area contributed by atoms with Gasteiger partial charge in [0.2, 0.25) is 6.29 Å². The average Bonchev–Trinajstić information content (AvgIpc) is 3.17. The van der Waals surface area contributed by atoms with E-state index in [9.17, 15) is 14.7 Å². The van der Waals surface area contributed by atoms with E-state index < -0.39 is 35.2 Å². The van der Waals surface area contributed by atoms with Crippen LogP contribution in [0, 0.1) is 22.7 Å². The molecule has 1 N–H and O–H groups in total. The normalized spacial score (nSPS) is 35.2. The molecule has 0 aromatic carbocycles. The first-order valence-electron chi connectivity index (χ1n) is 10.1. The van der Waals surface area contributed by atoms with Crippen molar-refractivity contribution in [3.05, 3.63) is 24.2 Å². The van der Waals surface area contributed by atoms with Crippen molar-refractivity contribution in [1.82, 2.24) is 0 Å². The summed E-state index contributed by atoms with van der Waals surface area (Å²) in [5.41, 5.74) is -0.468. The Morgan fingerprint density at radius 1 is 1.32 bits per heavy atom. The van der Waals surface area contributed by atoms with Gasteiger partial charge in [-0.3, -0.25) is 9.59 Å². The molecular formula is C22H32O6. The van der Waals surface area contributed by atoms with Gasteiger partial charge in [-0.15, -0.1) is 0 Å². The lowest BCUT2D eigenvalue weighted by Crippen LogP contribution is -2.56. The quantitative estimate of drug-likeness (QED) is 0.721. The molecule has 28 heavy (non-hydrogen) atoms. The van der Waals surface area contributed by atoms with Gasteiger partial charge in [0.15, 0.2) is 0 Å². The zero-order valence-corrected chi connectivity index (χ0v) is 17.5. The van der Waals surface area contributed by atoms with Gasteiger partial charge in [0, 0.05) is 18.3 Å². The summed E-state index contributed by atoms with van der Waals surface area (Å²) in [6.07, 6.45) is 6.58. The second-order valence-electron chi connectivity index (χ2n) is 9.41. The lowest BCUT2D eigenvalue weighted by atomic mass is 9.50. The van der Waals surface area contributed by atoms with Crippen molar-refractivity contribution in [1.29, 1.82) is 0 Å². The number of furan rings is 1. The van der Waals surface area contributed by atoms with E-state index in [-0.39, 0.29) is 11.3 Å². The average molecular weight is 392 g/mol. The lowest BCUT2D eigenvalue weighted by Gasteiger charge is -2.53. The van der Waals surface area contributed by atoms with E-state index in [2.05, 4.69) is 20.8 Å². The van der Waals surface area contributed by atoms with Crippen LogP contribution >= 0.6 is 0 Å². The minimum absolute atomic E-state index is 0.0659. The molecule has 1 aromatic rings. The first-order valence-corrected chi connectivity index (χ1v) is 10.1. The van der Waals surface area contributed by atoms with Crippen LogP contribution in [0.2, 0.25) is 0 Å². The molecule has 5 atom stereocenters. The minimum atomic E-state index is -0.932. The van der Waals surface area contributed by atoms with Crippen LogP contribution in [0.25, 0.3) is 0 Å². The fourth-order valence-corrected chi connectivity index (χ4v) is 6.02. The maximum atomic E-state index is 12.2. The number of aliphatic carboxylic acids is 1. The summed E-state index contributed by atoms with van der Waals surface area (Å²) in [6, 6.07) is 1.89. The standard InChI is InChI=1S/C22H32O6/c1-14(18(24)25)22(11-7-16-8-12-26-13-16)21(5)10-6-9-20(3,4)17(21)19(28-22)27-15(2)23/h8,12-14,17,19H,6-7,9-11H2,1-5H3,(H,24,25)/t14?,17?,19-,21-,22+/m0/s1. The van der Waals surface area contributed by atoms with Gasteiger partial charge in [0.25, 0.3) is 0 Å². The van der Waals surface area contributed by atoms with Crippen molar-refractivity contribution in [3.63, 3.8) is 0 Å². The second kappa shape index (κ2) is 7.21. The molecule has 6 nitrogen and oxygen atoms in total. The third kappa shape index (κ3) is 3.25. The molecule has 0 radical (unpaired) electrons. The summed E-state index contributed by atoms with van der Waals surface area (Å²) in [5.74, 6) is -2.09. The molecule has 1 aliphatic carbocycles. The highest BCUT2D eigenvalue weighted by Crippen LogP contribution is 2.66. The number of fused-ring (bicyclic) bond motifs is 1. The Bertz CT molecular complexity index is 723. The number of hydrogen-bond acceptors (Lipinski definition) is 5. The Kier molecular flexibility index (Phi) is 5.38. The predicted octanol–water partition coefficient (Wildman–Crippen LogP) is 4.42. The number of carboxylic acids is 1. The highest BCUT2D eigenvalue weighted by molar-refractivity contribution is 5.71. The third-order valence-corrected chi connectivity index (χ3v) is 7.33. The zero-order valence-electron chi connectivity index (χ0n) is 17.5. The summed E-state index contributed by atoms with van der Waals surface area (Å²) in [7, 11) is 0. The zero-order chi connectivity index (χ0) is 20.7. The highest BCUT2D eigenvalue weighted by Gasteiger charge is 2.70. The van der Waals surface area contributed by atoms with Crippen molar-refractivity contribution >= 4 is 11.9 Å². The van der Waals surface area contributed by atoms with Gasteiger partial charge < -0.3 is 19.0 Å². The SMILES string of the molecule is CC(=O)O[C@H]1O[C@](CCc2ccoc2)(C(C)C(=O)O)[C@@]2(C)CCCC(C)(C)C12. The number of esters is 1. The van der Waals surface area contributed by atoms with Gasteiger partial charge in [-0.05, 0) is 49.7 Å². The van der Waals surface area contributed by atoms with Crippen molar-refractivity contribution in [3.8, 4) is 0 Å². The molecule has 1 aromatic heterocycles. The van der Waals surface area contributed by atoms with Gasteiger partial charge >= 0.3 is 11.9 Å². The van der Waals surface area contributed by atoms with Gasteiger partial charge in [0.05, 0.1) is 24.0 Å².